The Hall–Kier alpha value is -1.12. The van der Waals surface area contributed by atoms with Crippen LogP contribution in [0, 0.1) is 12.8 Å². The van der Waals surface area contributed by atoms with Gasteiger partial charge in [0.05, 0.1) is 0 Å². The normalized spacial score (nSPS) is 12.9. The molecule has 1 atom stereocenters. The zero-order valence-electron chi connectivity index (χ0n) is 6.82. The standard InChI is InChI=1S/C8H12N2O/c1-7(6-11)5-10-4-3-9-8(10)2/h3-4,6-7H,5H2,1-2H3. The van der Waals surface area contributed by atoms with Crippen LogP contribution in [-0.2, 0) is 11.3 Å². The van der Waals surface area contributed by atoms with Crippen LogP contribution < -0.4 is 0 Å². The first-order valence-corrected chi connectivity index (χ1v) is 3.67. The lowest BCUT2D eigenvalue weighted by Gasteiger charge is -2.05. The number of carbonyl (C=O) groups excluding carboxylic acids is 1. The van der Waals surface area contributed by atoms with Gasteiger partial charge in [0.25, 0.3) is 0 Å². The molecule has 60 valence electrons. The first-order valence-electron chi connectivity index (χ1n) is 3.67. The number of aromatic nitrogens is 2. The molecule has 0 bridgehead atoms. The highest BCUT2D eigenvalue weighted by Gasteiger charge is 2.02. The lowest BCUT2D eigenvalue weighted by atomic mass is 10.2. The van der Waals surface area contributed by atoms with Crippen LogP contribution in [0.3, 0.4) is 0 Å². The molecule has 3 heteroatoms. The van der Waals surface area contributed by atoms with E-state index in [4.69, 9.17) is 0 Å². The Morgan fingerprint density at radius 3 is 3.00 bits per heavy atom. The molecule has 0 aliphatic heterocycles. The number of carbonyl (C=O) groups is 1. The summed E-state index contributed by atoms with van der Waals surface area (Å²) in [6, 6.07) is 0. The molecule has 0 N–H and O–H groups in total. The van der Waals surface area contributed by atoms with Gasteiger partial charge in [0.2, 0.25) is 0 Å². The minimum atomic E-state index is 0.0721. The van der Waals surface area contributed by atoms with Gasteiger partial charge < -0.3 is 9.36 Å². The maximum absolute atomic E-state index is 10.3. The fourth-order valence-corrected chi connectivity index (χ4v) is 0.950. The van der Waals surface area contributed by atoms with Crippen molar-refractivity contribution >= 4 is 6.29 Å². The van der Waals surface area contributed by atoms with Gasteiger partial charge in [0.15, 0.2) is 0 Å². The van der Waals surface area contributed by atoms with Crippen LogP contribution in [0.25, 0.3) is 0 Å². The van der Waals surface area contributed by atoms with Gasteiger partial charge in [-0.3, -0.25) is 0 Å². The van der Waals surface area contributed by atoms with Crippen LogP contribution in [0.1, 0.15) is 12.7 Å². The third-order valence-electron chi connectivity index (χ3n) is 1.64. The summed E-state index contributed by atoms with van der Waals surface area (Å²) in [4.78, 5) is 14.4. The molecule has 0 saturated carbocycles. The summed E-state index contributed by atoms with van der Waals surface area (Å²) in [5.74, 6) is 1.03. The van der Waals surface area contributed by atoms with E-state index in [1.54, 1.807) is 6.20 Å². The number of aryl methyl sites for hydroxylation is 1. The highest BCUT2D eigenvalue weighted by molar-refractivity contribution is 5.52. The molecule has 11 heavy (non-hydrogen) atoms. The molecular weight excluding hydrogens is 140 g/mol. The average molecular weight is 152 g/mol. The SMILES string of the molecule is Cc1nccn1CC(C)C=O. The van der Waals surface area contributed by atoms with Gasteiger partial charge in [-0.05, 0) is 6.92 Å². The second-order valence-corrected chi connectivity index (χ2v) is 2.74. The zero-order valence-corrected chi connectivity index (χ0v) is 6.82. The van der Waals surface area contributed by atoms with Crippen LogP contribution in [0.5, 0.6) is 0 Å². The van der Waals surface area contributed by atoms with Crippen molar-refractivity contribution in [3.05, 3.63) is 18.2 Å². The maximum Gasteiger partial charge on any atom is 0.124 e. The summed E-state index contributed by atoms with van der Waals surface area (Å²) in [6.07, 6.45) is 4.58. The van der Waals surface area contributed by atoms with E-state index < -0.39 is 0 Å². The molecule has 0 spiro atoms. The highest BCUT2D eigenvalue weighted by Crippen LogP contribution is 2.00. The number of hydrogen-bond donors (Lipinski definition) is 0. The van der Waals surface area contributed by atoms with Crippen molar-refractivity contribution < 1.29 is 4.79 Å². The van der Waals surface area contributed by atoms with Crippen molar-refractivity contribution in [3.63, 3.8) is 0 Å². The lowest BCUT2D eigenvalue weighted by molar-refractivity contribution is -0.111. The van der Waals surface area contributed by atoms with E-state index in [9.17, 15) is 4.79 Å². The maximum atomic E-state index is 10.3. The smallest absolute Gasteiger partial charge is 0.124 e. The summed E-state index contributed by atoms with van der Waals surface area (Å²) >= 11 is 0. The van der Waals surface area contributed by atoms with Crippen molar-refractivity contribution in [2.45, 2.75) is 20.4 Å². The molecule has 1 aromatic rings. The Balaban J connectivity index is 2.63. The van der Waals surface area contributed by atoms with Crippen molar-refractivity contribution in [2.75, 3.05) is 0 Å². The number of hydrogen-bond acceptors (Lipinski definition) is 2. The van der Waals surface area contributed by atoms with E-state index in [1.165, 1.54) is 0 Å². The van der Waals surface area contributed by atoms with E-state index in [-0.39, 0.29) is 5.92 Å². The molecule has 0 aliphatic rings. The van der Waals surface area contributed by atoms with Crippen molar-refractivity contribution in [1.29, 1.82) is 0 Å². The molecule has 0 saturated heterocycles. The molecule has 0 aromatic carbocycles. The molecule has 3 nitrogen and oxygen atoms in total. The highest BCUT2D eigenvalue weighted by atomic mass is 16.1. The van der Waals surface area contributed by atoms with E-state index >= 15 is 0 Å². The minimum absolute atomic E-state index is 0.0721. The first-order chi connectivity index (χ1) is 5.24. The van der Waals surface area contributed by atoms with Gasteiger partial charge in [-0.15, -0.1) is 0 Å². The summed E-state index contributed by atoms with van der Waals surface area (Å²) < 4.78 is 1.97. The van der Waals surface area contributed by atoms with Gasteiger partial charge in [0, 0.05) is 24.9 Å². The molecule has 1 aromatic heterocycles. The average Bonchev–Trinajstić information content (AvgIpc) is 2.37. The second-order valence-electron chi connectivity index (χ2n) is 2.74. The van der Waals surface area contributed by atoms with E-state index in [1.807, 2.05) is 24.6 Å². The van der Waals surface area contributed by atoms with E-state index in [0.29, 0.717) is 0 Å². The zero-order chi connectivity index (χ0) is 8.27. The number of aldehydes is 1. The van der Waals surface area contributed by atoms with E-state index in [2.05, 4.69) is 4.98 Å². The Morgan fingerprint density at radius 1 is 1.82 bits per heavy atom. The third kappa shape index (κ3) is 1.90. The van der Waals surface area contributed by atoms with Gasteiger partial charge >= 0.3 is 0 Å². The predicted molar refractivity (Wildman–Crippen MR) is 42.2 cm³/mol. The summed E-state index contributed by atoms with van der Waals surface area (Å²) in [5, 5.41) is 0. The molecule has 0 aliphatic carbocycles. The van der Waals surface area contributed by atoms with Gasteiger partial charge in [0.1, 0.15) is 12.1 Å². The molecule has 1 rings (SSSR count). The molecule has 0 fully saturated rings. The predicted octanol–water partition coefficient (Wildman–Crippen LogP) is 1.03. The first kappa shape index (κ1) is 7.98. The van der Waals surface area contributed by atoms with Crippen LogP contribution in [0.2, 0.25) is 0 Å². The molecule has 1 heterocycles. The number of nitrogens with zero attached hydrogens (tertiary/aromatic N) is 2. The van der Waals surface area contributed by atoms with E-state index in [0.717, 1.165) is 18.7 Å². The van der Waals surface area contributed by atoms with Crippen molar-refractivity contribution in [1.82, 2.24) is 9.55 Å². The van der Waals surface area contributed by atoms with Gasteiger partial charge in [-0.1, -0.05) is 6.92 Å². The summed E-state index contributed by atoms with van der Waals surface area (Å²) in [5.41, 5.74) is 0. The van der Waals surface area contributed by atoms with Crippen LogP contribution in [0.15, 0.2) is 12.4 Å². The molecular formula is C8H12N2O. The Bertz CT molecular complexity index is 242. The topological polar surface area (TPSA) is 34.9 Å². The summed E-state index contributed by atoms with van der Waals surface area (Å²) in [7, 11) is 0. The Labute approximate surface area is 66.1 Å². The molecule has 0 radical (unpaired) electrons. The molecule has 0 amide bonds. The van der Waals surface area contributed by atoms with Crippen LogP contribution in [-0.4, -0.2) is 15.8 Å². The minimum Gasteiger partial charge on any atom is -0.334 e. The van der Waals surface area contributed by atoms with Gasteiger partial charge in [-0.2, -0.15) is 0 Å². The van der Waals surface area contributed by atoms with Crippen LogP contribution in [0.4, 0.5) is 0 Å². The van der Waals surface area contributed by atoms with Gasteiger partial charge in [-0.25, -0.2) is 4.98 Å². The monoisotopic (exact) mass is 152 g/mol. The Morgan fingerprint density at radius 2 is 2.55 bits per heavy atom. The fourth-order valence-electron chi connectivity index (χ4n) is 0.950. The largest absolute Gasteiger partial charge is 0.334 e. The number of rotatable bonds is 3. The number of imidazole rings is 1. The summed E-state index contributed by atoms with van der Waals surface area (Å²) in [6.45, 7) is 4.55. The fraction of sp³-hybridized carbons (Fsp3) is 0.500. The second kappa shape index (κ2) is 3.32. The Kier molecular flexibility index (Phi) is 2.41. The third-order valence-corrected chi connectivity index (χ3v) is 1.64. The lowest BCUT2D eigenvalue weighted by Crippen LogP contribution is -2.08. The molecule has 1 unspecified atom stereocenters. The van der Waals surface area contributed by atoms with Crippen LogP contribution >= 0.6 is 0 Å². The van der Waals surface area contributed by atoms with Crippen molar-refractivity contribution in [3.8, 4) is 0 Å². The van der Waals surface area contributed by atoms with Crippen molar-refractivity contribution in [2.24, 2.45) is 5.92 Å². The quantitative estimate of drug-likeness (QED) is 0.606.